The van der Waals surface area contributed by atoms with Gasteiger partial charge >= 0.3 is 0 Å². The molecule has 8 nitrogen and oxygen atoms in total. The highest BCUT2D eigenvalue weighted by molar-refractivity contribution is 6.19. The van der Waals surface area contributed by atoms with Gasteiger partial charge in [0, 0.05) is 18.2 Å². The third-order valence-corrected chi connectivity index (χ3v) is 4.80. The second kappa shape index (κ2) is 8.17. The van der Waals surface area contributed by atoms with Crippen molar-refractivity contribution >= 4 is 23.6 Å². The minimum Gasteiger partial charge on any atom is -0.456 e. The van der Waals surface area contributed by atoms with Gasteiger partial charge in [-0.25, -0.2) is 0 Å². The predicted molar refractivity (Wildman–Crippen MR) is 109 cm³/mol. The predicted octanol–water partition coefficient (Wildman–Crippen LogP) is 4.17. The van der Waals surface area contributed by atoms with Gasteiger partial charge in [0.2, 0.25) is 0 Å². The van der Waals surface area contributed by atoms with Crippen LogP contribution in [-0.4, -0.2) is 28.2 Å². The molecule has 1 aromatic heterocycles. The molecular weight excluding hydrogens is 386 g/mol. The molecule has 0 aliphatic carbocycles. The minimum atomic E-state index is -0.602. The average Bonchev–Trinajstić information content (AvgIpc) is 3.17. The van der Waals surface area contributed by atoms with Gasteiger partial charge in [-0.15, -0.1) is 0 Å². The van der Waals surface area contributed by atoms with Crippen LogP contribution in [-0.2, 0) is 9.59 Å². The molecule has 0 unspecified atom stereocenters. The van der Waals surface area contributed by atoms with Crippen molar-refractivity contribution in [2.24, 2.45) is 0 Å². The standard InChI is InChI=1S/C22H19N3O5/c1-4-9-24-21(26)17(14(3)18(12-23)22(24)27)11-15-6-8-20(30-15)16-7-5-13(2)10-19(16)25(28)29/h5-8,10-11H,4,9H2,1-3H3/b17-11+. The van der Waals surface area contributed by atoms with Crippen molar-refractivity contribution in [3.8, 4) is 17.4 Å². The summed E-state index contributed by atoms with van der Waals surface area (Å²) in [5.74, 6) is -0.543. The minimum absolute atomic E-state index is 0.0835. The summed E-state index contributed by atoms with van der Waals surface area (Å²) < 4.78 is 5.75. The molecule has 2 amide bonds. The van der Waals surface area contributed by atoms with E-state index < -0.39 is 16.7 Å². The summed E-state index contributed by atoms with van der Waals surface area (Å²) in [6, 6.07) is 9.85. The number of nitriles is 1. The number of carbonyl (C=O) groups excluding carboxylic acids is 2. The van der Waals surface area contributed by atoms with E-state index in [4.69, 9.17) is 4.42 Å². The number of hydrogen-bond donors (Lipinski definition) is 0. The Labute approximate surface area is 172 Å². The van der Waals surface area contributed by atoms with Crippen LogP contribution in [0.3, 0.4) is 0 Å². The summed E-state index contributed by atoms with van der Waals surface area (Å²) in [6.45, 7) is 5.33. The van der Waals surface area contributed by atoms with Crippen molar-refractivity contribution in [2.75, 3.05) is 6.54 Å². The topological polar surface area (TPSA) is 117 Å². The molecule has 30 heavy (non-hydrogen) atoms. The second-order valence-electron chi connectivity index (χ2n) is 6.91. The maximum atomic E-state index is 12.8. The quantitative estimate of drug-likeness (QED) is 0.319. The van der Waals surface area contributed by atoms with Gasteiger partial charge in [0.25, 0.3) is 17.5 Å². The number of benzene rings is 1. The van der Waals surface area contributed by atoms with E-state index in [-0.39, 0.29) is 40.5 Å². The Hall–Kier alpha value is -3.99. The van der Waals surface area contributed by atoms with E-state index >= 15 is 0 Å². The first-order chi connectivity index (χ1) is 14.3. The largest absolute Gasteiger partial charge is 0.456 e. The van der Waals surface area contributed by atoms with Crippen LogP contribution >= 0.6 is 0 Å². The van der Waals surface area contributed by atoms with Crippen LogP contribution in [0.2, 0.25) is 0 Å². The molecule has 0 N–H and O–H groups in total. The molecule has 1 aliphatic heterocycles. The van der Waals surface area contributed by atoms with Gasteiger partial charge in [-0.05, 0) is 55.7 Å². The summed E-state index contributed by atoms with van der Waals surface area (Å²) in [4.78, 5) is 37.2. The normalized spacial score (nSPS) is 15.7. The van der Waals surface area contributed by atoms with Crippen molar-refractivity contribution in [2.45, 2.75) is 27.2 Å². The van der Waals surface area contributed by atoms with E-state index in [0.29, 0.717) is 12.0 Å². The number of carbonyl (C=O) groups is 2. The molecule has 2 heterocycles. The number of aryl methyl sites for hydroxylation is 1. The molecule has 0 saturated carbocycles. The van der Waals surface area contributed by atoms with Crippen molar-refractivity contribution < 1.29 is 18.9 Å². The van der Waals surface area contributed by atoms with Crippen molar-refractivity contribution in [3.05, 3.63) is 68.5 Å². The maximum absolute atomic E-state index is 12.8. The highest BCUT2D eigenvalue weighted by Crippen LogP contribution is 2.33. The molecule has 1 aromatic carbocycles. The zero-order valence-electron chi connectivity index (χ0n) is 16.8. The lowest BCUT2D eigenvalue weighted by molar-refractivity contribution is -0.384. The molecule has 0 fully saturated rings. The summed E-state index contributed by atoms with van der Waals surface area (Å²) in [7, 11) is 0. The van der Waals surface area contributed by atoms with Gasteiger partial charge in [0.05, 0.1) is 10.5 Å². The summed E-state index contributed by atoms with van der Waals surface area (Å²) in [6.07, 6.45) is 2.01. The Kier molecular flexibility index (Phi) is 5.65. The van der Waals surface area contributed by atoms with Gasteiger partial charge in [-0.2, -0.15) is 5.26 Å². The molecule has 0 bridgehead atoms. The van der Waals surface area contributed by atoms with E-state index in [1.807, 2.05) is 13.0 Å². The molecule has 2 aromatic rings. The number of nitrogens with zero attached hydrogens (tertiary/aromatic N) is 3. The Morgan fingerprint density at radius 1 is 1.20 bits per heavy atom. The third kappa shape index (κ3) is 3.65. The molecule has 152 valence electrons. The number of imide groups is 1. The number of hydrogen-bond acceptors (Lipinski definition) is 6. The number of amides is 2. The number of rotatable bonds is 5. The lowest BCUT2D eigenvalue weighted by Crippen LogP contribution is -2.43. The SMILES string of the molecule is CCCN1C(=O)C(C#N)=C(C)/C(=C\c2ccc(-c3ccc(C)cc3[N+](=O)[O-])o2)C1=O. The molecule has 0 saturated heterocycles. The fourth-order valence-electron chi connectivity index (χ4n) is 3.27. The van der Waals surface area contributed by atoms with E-state index in [2.05, 4.69) is 0 Å². The highest BCUT2D eigenvalue weighted by atomic mass is 16.6. The molecular formula is C22H19N3O5. The number of nitro benzene ring substituents is 1. The molecule has 3 rings (SSSR count). The van der Waals surface area contributed by atoms with Crippen LogP contribution in [0, 0.1) is 28.4 Å². The van der Waals surface area contributed by atoms with E-state index in [1.165, 1.54) is 19.1 Å². The van der Waals surface area contributed by atoms with Crippen LogP contribution in [0.1, 0.15) is 31.6 Å². The zero-order chi connectivity index (χ0) is 22.0. The zero-order valence-corrected chi connectivity index (χ0v) is 16.8. The maximum Gasteiger partial charge on any atom is 0.280 e. The van der Waals surface area contributed by atoms with Crippen LogP contribution in [0.5, 0.6) is 0 Å². The first kappa shape index (κ1) is 20.7. The Morgan fingerprint density at radius 3 is 2.57 bits per heavy atom. The molecule has 0 spiro atoms. The molecule has 8 heteroatoms. The Balaban J connectivity index is 2.07. The lowest BCUT2D eigenvalue weighted by Gasteiger charge is -2.26. The van der Waals surface area contributed by atoms with Gasteiger partial charge < -0.3 is 4.42 Å². The summed E-state index contributed by atoms with van der Waals surface area (Å²) >= 11 is 0. The smallest absolute Gasteiger partial charge is 0.280 e. The van der Waals surface area contributed by atoms with Gasteiger partial charge in [-0.3, -0.25) is 24.6 Å². The highest BCUT2D eigenvalue weighted by Gasteiger charge is 2.35. The summed E-state index contributed by atoms with van der Waals surface area (Å²) in [5, 5.41) is 20.8. The fourth-order valence-corrected chi connectivity index (χ4v) is 3.27. The van der Waals surface area contributed by atoms with E-state index in [1.54, 1.807) is 31.2 Å². The first-order valence-electron chi connectivity index (χ1n) is 9.33. The second-order valence-corrected chi connectivity index (χ2v) is 6.91. The lowest BCUT2D eigenvalue weighted by atomic mass is 9.94. The van der Waals surface area contributed by atoms with Gasteiger partial charge in [0.1, 0.15) is 23.2 Å². The molecule has 0 atom stereocenters. The van der Waals surface area contributed by atoms with Crippen molar-refractivity contribution in [3.63, 3.8) is 0 Å². The van der Waals surface area contributed by atoms with Crippen LogP contribution < -0.4 is 0 Å². The Morgan fingerprint density at radius 2 is 1.93 bits per heavy atom. The monoisotopic (exact) mass is 405 g/mol. The number of nitro groups is 1. The van der Waals surface area contributed by atoms with Crippen molar-refractivity contribution in [1.82, 2.24) is 4.90 Å². The molecule has 1 aliphatic rings. The van der Waals surface area contributed by atoms with E-state index in [9.17, 15) is 25.0 Å². The van der Waals surface area contributed by atoms with Gasteiger partial charge in [0.15, 0.2) is 0 Å². The summed E-state index contributed by atoms with van der Waals surface area (Å²) in [5.41, 5.74) is 1.35. The van der Waals surface area contributed by atoms with Crippen LogP contribution in [0.25, 0.3) is 17.4 Å². The first-order valence-corrected chi connectivity index (χ1v) is 9.33. The number of furan rings is 1. The third-order valence-electron chi connectivity index (χ3n) is 4.80. The fraction of sp³-hybridized carbons (Fsp3) is 0.227. The Bertz CT molecular complexity index is 1160. The van der Waals surface area contributed by atoms with Crippen molar-refractivity contribution in [1.29, 1.82) is 5.26 Å². The average molecular weight is 405 g/mol. The van der Waals surface area contributed by atoms with Crippen LogP contribution in [0.15, 0.2) is 51.5 Å². The van der Waals surface area contributed by atoms with Gasteiger partial charge in [-0.1, -0.05) is 13.0 Å². The molecule has 0 radical (unpaired) electrons. The van der Waals surface area contributed by atoms with E-state index in [0.717, 1.165) is 10.5 Å². The van der Waals surface area contributed by atoms with Crippen LogP contribution in [0.4, 0.5) is 5.69 Å².